The van der Waals surface area contributed by atoms with Crippen molar-refractivity contribution in [2.24, 2.45) is 10.8 Å². The van der Waals surface area contributed by atoms with Gasteiger partial charge in [-0.05, 0) is 37.5 Å². The molecule has 0 aromatic rings. The van der Waals surface area contributed by atoms with Gasteiger partial charge in [-0.15, -0.1) is 0 Å². The predicted octanol–water partition coefficient (Wildman–Crippen LogP) is 3.85. The van der Waals surface area contributed by atoms with E-state index in [9.17, 15) is 4.79 Å². The number of esters is 1. The highest BCUT2D eigenvalue weighted by Crippen LogP contribution is 2.53. The Hall–Kier alpha value is -0.790. The summed E-state index contributed by atoms with van der Waals surface area (Å²) >= 11 is 0. The van der Waals surface area contributed by atoms with Gasteiger partial charge < -0.3 is 4.74 Å². The number of carbonyl (C=O) groups is 1. The van der Waals surface area contributed by atoms with Crippen LogP contribution in [-0.2, 0) is 9.53 Å². The summed E-state index contributed by atoms with van der Waals surface area (Å²) in [6.45, 7) is 8.36. The van der Waals surface area contributed by atoms with Crippen molar-refractivity contribution in [3.05, 3.63) is 11.6 Å². The number of carbonyl (C=O) groups excluding carboxylic acids is 1. The number of rotatable bonds is 1. The largest absolute Gasteiger partial charge is 0.462 e. The summed E-state index contributed by atoms with van der Waals surface area (Å²) in [5.74, 6) is -0.140. The molecule has 0 aromatic carbocycles. The van der Waals surface area contributed by atoms with Gasteiger partial charge >= 0.3 is 5.97 Å². The molecule has 0 aliphatic heterocycles. The molecule has 1 saturated carbocycles. The van der Waals surface area contributed by atoms with Crippen LogP contribution in [0.1, 0.15) is 59.8 Å². The molecule has 96 valence electrons. The first-order valence-corrected chi connectivity index (χ1v) is 6.70. The molecule has 2 aliphatic carbocycles. The molecule has 0 saturated heterocycles. The molecule has 2 aliphatic rings. The zero-order valence-electron chi connectivity index (χ0n) is 11.5. The zero-order chi connectivity index (χ0) is 12.7. The van der Waals surface area contributed by atoms with Crippen LogP contribution in [0, 0.1) is 10.8 Å². The smallest absolute Gasteiger partial charge is 0.302 e. The molecular formula is C15H24O2. The highest BCUT2D eigenvalue weighted by molar-refractivity contribution is 5.66. The average molecular weight is 236 g/mol. The summed E-state index contributed by atoms with van der Waals surface area (Å²) in [4.78, 5) is 11.3. The van der Waals surface area contributed by atoms with Gasteiger partial charge in [0, 0.05) is 12.3 Å². The predicted molar refractivity (Wildman–Crippen MR) is 68.6 cm³/mol. The van der Waals surface area contributed by atoms with Crippen LogP contribution in [-0.4, -0.2) is 12.1 Å². The van der Waals surface area contributed by atoms with E-state index in [0.717, 1.165) is 19.3 Å². The van der Waals surface area contributed by atoms with Gasteiger partial charge in [0.2, 0.25) is 0 Å². The molecule has 0 aromatic heterocycles. The van der Waals surface area contributed by atoms with E-state index in [1.165, 1.54) is 25.3 Å². The fourth-order valence-electron chi connectivity index (χ4n) is 3.47. The van der Waals surface area contributed by atoms with Crippen molar-refractivity contribution in [1.82, 2.24) is 0 Å². The number of allylic oxidation sites excluding steroid dienone is 1. The van der Waals surface area contributed by atoms with Gasteiger partial charge in [0.05, 0.1) is 0 Å². The van der Waals surface area contributed by atoms with Gasteiger partial charge in [-0.1, -0.05) is 32.4 Å². The molecule has 2 nitrogen and oxygen atoms in total. The van der Waals surface area contributed by atoms with E-state index in [0.29, 0.717) is 0 Å². The molecule has 2 atom stereocenters. The number of ether oxygens (including phenoxy) is 1. The monoisotopic (exact) mass is 236 g/mol. The molecule has 0 heterocycles. The Labute approximate surface area is 104 Å². The minimum atomic E-state index is -0.140. The second-order valence-electron chi connectivity index (χ2n) is 6.68. The maximum absolute atomic E-state index is 11.3. The van der Waals surface area contributed by atoms with Crippen molar-refractivity contribution in [3.8, 4) is 0 Å². The quantitative estimate of drug-likeness (QED) is 0.510. The van der Waals surface area contributed by atoms with Crippen LogP contribution in [0.25, 0.3) is 0 Å². The SMILES string of the molecule is CC(=O)O[C@@H]1CC(C)(C)CC2=CCCC[C@]21C. The minimum absolute atomic E-state index is 0.0651. The summed E-state index contributed by atoms with van der Waals surface area (Å²) < 4.78 is 5.62. The van der Waals surface area contributed by atoms with E-state index in [1.807, 2.05) is 0 Å². The van der Waals surface area contributed by atoms with Gasteiger partial charge in [-0.3, -0.25) is 4.79 Å². The van der Waals surface area contributed by atoms with E-state index >= 15 is 0 Å². The van der Waals surface area contributed by atoms with E-state index in [-0.39, 0.29) is 22.9 Å². The molecule has 0 N–H and O–H groups in total. The highest BCUT2D eigenvalue weighted by atomic mass is 16.5. The van der Waals surface area contributed by atoms with Crippen LogP contribution >= 0.6 is 0 Å². The van der Waals surface area contributed by atoms with Crippen molar-refractivity contribution >= 4 is 5.97 Å². The Bertz CT molecular complexity index is 354. The van der Waals surface area contributed by atoms with Crippen molar-refractivity contribution in [2.75, 3.05) is 0 Å². The van der Waals surface area contributed by atoms with Crippen LogP contribution in [0.5, 0.6) is 0 Å². The van der Waals surface area contributed by atoms with Crippen molar-refractivity contribution in [2.45, 2.75) is 65.9 Å². The van der Waals surface area contributed by atoms with Crippen molar-refractivity contribution in [1.29, 1.82) is 0 Å². The Kier molecular flexibility index (Phi) is 3.09. The molecule has 2 heteroatoms. The lowest BCUT2D eigenvalue weighted by atomic mass is 9.58. The van der Waals surface area contributed by atoms with Crippen LogP contribution < -0.4 is 0 Å². The normalized spacial score (nSPS) is 35.8. The van der Waals surface area contributed by atoms with Gasteiger partial charge in [0.25, 0.3) is 0 Å². The van der Waals surface area contributed by atoms with Crippen LogP contribution in [0.2, 0.25) is 0 Å². The summed E-state index contributed by atoms with van der Waals surface area (Å²) in [6.07, 6.45) is 8.16. The van der Waals surface area contributed by atoms with Crippen LogP contribution in [0.15, 0.2) is 11.6 Å². The third kappa shape index (κ3) is 2.41. The van der Waals surface area contributed by atoms with Crippen LogP contribution in [0.3, 0.4) is 0 Å². The second kappa shape index (κ2) is 4.15. The summed E-state index contributed by atoms with van der Waals surface area (Å²) in [6, 6.07) is 0. The standard InChI is InChI=1S/C15H24O2/c1-11(16)17-13-10-14(2,3)9-12-7-5-6-8-15(12,13)4/h7,13H,5-6,8-10H2,1-4H3/t13-,15-/m1/s1. The van der Waals surface area contributed by atoms with Crippen molar-refractivity contribution < 1.29 is 9.53 Å². The van der Waals surface area contributed by atoms with E-state index in [2.05, 4.69) is 26.8 Å². The fraction of sp³-hybridized carbons (Fsp3) is 0.800. The first-order valence-electron chi connectivity index (χ1n) is 6.70. The fourth-order valence-corrected chi connectivity index (χ4v) is 3.47. The third-order valence-electron chi connectivity index (χ3n) is 4.45. The average Bonchev–Trinajstić information content (AvgIpc) is 2.18. The number of hydrogen-bond acceptors (Lipinski definition) is 2. The molecule has 0 spiro atoms. The van der Waals surface area contributed by atoms with Gasteiger partial charge in [0.15, 0.2) is 0 Å². The van der Waals surface area contributed by atoms with E-state index in [1.54, 1.807) is 0 Å². The summed E-state index contributed by atoms with van der Waals surface area (Å²) in [7, 11) is 0. The molecule has 1 fully saturated rings. The van der Waals surface area contributed by atoms with Crippen molar-refractivity contribution in [3.63, 3.8) is 0 Å². The van der Waals surface area contributed by atoms with Gasteiger partial charge in [0.1, 0.15) is 6.10 Å². The summed E-state index contributed by atoms with van der Waals surface area (Å²) in [5, 5.41) is 0. The van der Waals surface area contributed by atoms with Gasteiger partial charge in [-0.2, -0.15) is 0 Å². The Balaban J connectivity index is 2.31. The molecule has 17 heavy (non-hydrogen) atoms. The molecule has 0 bridgehead atoms. The number of hydrogen-bond donors (Lipinski definition) is 0. The van der Waals surface area contributed by atoms with Gasteiger partial charge in [-0.25, -0.2) is 0 Å². The Morgan fingerprint density at radius 3 is 2.76 bits per heavy atom. The Morgan fingerprint density at radius 2 is 2.12 bits per heavy atom. The summed E-state index contributed by atoms with van der Waals surface area (Å²) in [5.41, 5.74) is 1.87. The second-order valence-corrected chi connectivity index (χ2v) is 6.68. The maximum atomic E-state index is 11.3. The highest BCUT2D eigenvalue weighted by Gasteiger charge is 2.48. The third-order valence-corrected chi connectivity index (χ3v) is 4.45. The maximum Gasteiger partial charge on any atom is 0.302 e. The molecule has 0 amide bonds. The zero-order valence-corrected chi connectivity index (χ0v) is 11.5. The first kappa shape index (κ1) is 12.7. The lowest BCUT2D eigenvalue weighted by molar-refractivity contribution is -0.157. The molecular weight excluding hydrogens is 212 g/mol. The molecule has 0 unspecified atom stereocenters. The lowest BCUT2D eigenvalue weighted by Gasteiger charge is -2.50. The molecule has 2 rings (SSSR count). The number of fused-ring (bicyclic) bond motifs is 1. The Morgan fingerprint density at radius 1 is 1.41 bits per heavy atom. The molecule has 0 radical (unpaired) electrons. The topological polar surface area (TPSA) is 26.3 Å². The minimum Gasteiger partial charge on any atom is -0.462 e. The first-order chi connectivity index (χ1) is 7.83. The van der Waals surface area contributed by atoms with E-state index in [4.69, 9.17) is 4.74 Å². The van der Waals surface area contributed by atoms with E-state index < -0.39 is 0 Å². The lowest BCUT2D eigenvalue weighted by Crippen LogP contribution is -2.46. The van der Waals surface area contributed by atoms with Crippen LogP contribution in [0.4, 0.5) is 0 Å².